The van der Waals surface area contributed by atoms with Crippen LogP contribution in [0.3, 0.4) is 0 Å². The topological polar surface area (TPSA) is 17.1 Å². The maximum Gasteiger partial charge on any atom is 0.138 e. The van der Waals surface area contributed by atoms with Gasteiger partial charge in [-0.1, -0.05) is 32.9 Å². The first-order chi connectivity index (χ1) is 9.25. The minimum atomic E-state index is 0.148. The Morgan fingerprint density at radius 1 is 1.15 bits per heavy atom. The molecule has 1 heteroatoms. The molecule has 1 nitrogen and oxygen atoms in total. The summed E-state index contributed by atoms with van der Waals surface area (Å²) >= 11 is 0. The summed E-state index contributed by atoms with van der Waals surface area (Å²) in [6.45, 7) is 12.7. The van der Waals surface area contributed by atoms with E-state index in [9.17, 15) is 4.79 Å². The van der Waals surface area contributed by atoms with Crippen LogP contribution in [0.2, 0.25) is 0 Å². The number of rotatable bonds is 4. The number of aryl methyl sites for hydroxylation is 2. The fourth-order valence-electron chi connectivity index (χ4n) is 2.32. The monoisotopic (exact) mass is 270 g/mol. The smallest absolute Gasteiger partial charge is 0.138 e. The van der Waals surface area contributed by atoms with Crippen molar-refractivity contribution in [3.8, 4) is 11.8 Å². The molecule has 0 saturated carbocycles. The molecular weight excluding hydrogens is 244 g/mol. The summed E-state index contributed by atoms with van der Waals surface area (Å²) in [5, 5.41) is 0. The van der Waals surface area contributed by atoms with Crippen LogP contribution >= 0.6 is 0 Å². The third-order valence-corrected chi connectivity index (χ3v) is 3.64. The maximum atomic E-state index is 12.0. The van der Waals surface area contributed by atoms with Crippen molar-refractivity contribution in [1.82, 2.24) is 0 Å². The van der Waals surface area contributed by atoms with Gasteiger partial charge in [-0.2, -0.15) is 0 Å². The summed E-state index contributed by atoms with van der Waals surface area (Å²) in [6, 6.07) is 4.45. The second kappa shape index (κ2) is 6.75. The number of carbonyl (C=O) groups is 1. The van der Waals surface area contributed by atoms with Crippen LogP contribution in [0.1, 0.15) is 62.8 Å². The van der Waals surface area contributed by atoms with Crippen LogP contribution in [0, 0.1) is 25.7 Å². The summed E-state index contributed by atoms with van der Waals surface area (Å²) in [4.78, 5) is 12.0. The van der Waals surface area contributed by atoms with Gasteiger partial charge in [0.1, 0.15) is 5.78 Å². The normalized spacial score (nSPS) is 10.9. The van der Waals surface area contributed by atoms with Gasteiger partial charge in [0.15, 0.2) is 0 Å². The Balaban J connectivity index is 2.91. The molecule has 1 aromatic carbocycles. The van der Waals surface area contributed by atoms with Crippen LogP contribution in [-0.4, -0.2) is 5.78 Å². The number of hydrogen-bond donors (Lipinski definition) is 0. The highest BCUT2D eigenvalue weighted by Crippen LogP contribution is 2.27. The molecule has 0 N–H and O–H groups in total. The number of hydrogen-bond acceptors (Lipinski definition) is 1. The van der Waals surface area contributed by atoms with Crippen LogP contribution in [0.15, 0.2) is 12.1 Å². The minimum absolute atomic E-state index is 0.148. The Kier molecular flexibility index (Phi) is 5.57. The molecule has 0 saturated heterocycles. The van der Waals surface area contributed by atoms with E-state index in [0.717, 1.165) is 0 Å². The zero-order valence-corrected chi connectivity index (χ0v) is 13.7. The Morgan fingerprint density at radius 2 is 1.70 bits per heavy atom. The van der Waals surface area contributed by atoms with Gasteiger partial charge in [0.05, 0.1) is 0 Å². The molecule has 0 fully saturated rings. The fraction of sp³-hybridized carbons (Fsp3) is 0.526. The number of carbonyl (C=O) groups excluding carboxylic acids is 1. The van der Waals surface area contributed by atoms with Crippen molar-refractivity contribution in [2.75, 3.05) is 0 Å². The maximum absolute atomic E-state index is 12.0. The molecule has 0 radical (unpaired) electrons. The largest absolute Gasteiger partial charge is 0.299 e. The van der Waals surface area contributed by atoms with Crippen molar-refractivity contribution in [1.29, 1.82) is 0 Å². The summed E-state index contributed by atoms with van der Waals surface area (Å²) in [6.07, 6.45) is 1.77. The molecule has 0 aliphatic rings. The average Bonchev–Trinajstić information content (AvgIpc) is 2.32. The summed E-state index contributed by atoms with van der Waals surface area (Å²) in [5.74, 6) is 6.06. The molecule has 20 heavy (non-hydrogen) atoms. The van der Waals surface area contributed by atoms with E-state index in [1.807, 2.05) is 6.92 Å². The molecule has 0 spiro atoms. The molecule has 0 bridgehead atoms. The van der Waals surface area contributed by atoms with Gasteiger partial charge in [-0.05, 0) is 48.4 Å². The second-order valence-corrected chi connectivity index (χ2v) is 6.48. The quantitative estimate of drug-likeness (QED) is 0.735. The molecule has 1 aromatic rings. The van der Waals surface area contributed by atoms with E-state index >= 15 is 0 Å². The predicted octanol–water partition coefficient (Wildman–Crippen LogP) is 4.52. The number of benzene rings is 1. The molecule has 0 heterocycles. The van der Waals surface area contributed by atoms with Gasteiger partial charge in [0.25, 0.3) is 0 Å². The van der Waals surface area contributed by atoms with Crippen LogP contribution < -0.4 is 0 Å². The van der Waals surface area contributed by atoms with Gasteiger partial charge in [0.2, 0.25) is 0 Å². The molecule has 0 unspecified atom stereocenters. The third kappa shape index (κ3) is 4.53. The van der Waals surface area contributed by atoms with Gasteiger partial charge >= 0.3 is 0 Å². The lowest BCUT2D eigenvalue weighted by Crippen LogP contribution is -2.13. The van der Waals surface area contributed by atoms with Gasteiger partial charge in [-0.25, -0.2) is 0 Å². The Morgan fingerprint density at radius 3 is 2.15 bits per heavy atom. The highest BCUT2D eigenvalue weighted by Gasteiger charge is 2.17. The van der Waals surface area contributed by atoms with Crippen molar-refractivity contribution >= 4 is 5.78 Å². The molecule has 0 amide bonds. The van der Waals surface area contributed by atoms with Crippen LogP contribution in [-0.2, 0) is 16.6 Å². The minimum Gasteiger partial charge on any atom is -0.299 e. The first-order valence-electron chi connectivity index (χ1n) is 7.27. The van der Waals surface area contributed by atoms with Gasteiger partial charge in [-0.3, -0.25) is 4.79 Å². The van der Waals surface area contributed by atoms with Crippen molar-refractivity contribution < 1.29 is 4.79 Å². The lowest BCUT2D eigenvalue weighted by Gasteiger charge is -2.22. The molecule has 108 valence electrons. The molecule has 0 atom stereocenters. The molecule has 0 aliphatic heterocycles. The van der Waals surface area contributed by atoms with Crippen LogP contribution in [0.5, 0.6) is 0 Å². The summed E-state index contributed by atoms with van der Waals surface area (Å²) in [7, 11) is 0. The molecular formula is C19H26O. The van der Waals surface area contributed by atoms with E-state index in [1.54, 1.807) is 0 Å². The lowest BCUT2D eigenvalue weighted by atomic mass is 9.83. The van der Waals surface area contributed by atoms with Crippen molar-refractivity contribution in [2.24, 2.45) is 0 Å². The van der Waals surface area contributed by atoms with E-state index in [2.05, 4.69) is 58.6 Å². The number of Topliss-reactive ketones (excluding diaryl/α,β-unsaturated/α-hetero) is 1. The molecule has 0 aliphatic carbocycles. The summed E-state index contributed by atoms with van der Waals surface area (Å²) < 4.78 is 0. The Labute approximate surface area is 123 Å². The third-order valence-electron chi connectivity index (χ3n) is 3.64. The van der Waals surface area contributed by atoms with Crippen molar-refractivity contribution in [3.05, 3.63) is 34.4 Å². The first-order valence-corrected chi connectivity index (χ1v) is 7.27. The summed E-state index contributed by atoms with van der Waals surface area (Å²) in [5.41, 5.74) is 5.12. The van der Waals surface area contributed by atoms with Crippen molar-refractivity contribution in [3.63, 3.8) is 0 Å². The van der Waals surface area contributed by atoms with E-state index in [0.29, 0.717) is 19.3 Å². The average molecular weight is 270 g/mol. The van der Waals surface area contributed by atoms with Crippen LogP contribution in [0.4, 0.5) is 0 Å². The highest BCUT2D eigenvalue weighted by atomic mass is 16.1. The Bertz CT molecular complexity index is 524. The van der Waals surface area contributed by atoms with Gasteiger partial charge in [-0.15, -0.1) is 11.8 Å². The number of ketones is 1. The fourth-order valence-corrected chi connectivity index (χ4v) is 2.32. The van der Waals surface area contributed by atoms with Crippen LogP contribution in [0.25, 0.3) is 0 Å². The first kappa shape index (κ1) is 16.5. The van der Waals surface area contributed by atoms with Crippen molar-refractivity contribution in [2.45, 2.75) is 66.2 Å². The second-order valence-electron chi connectivity index (χ2n) is 6.48. The van der Waals surface area contributed by atoms with Gasteiger partial charge in [0, 0.05) is 19.3 Å². The van der Waals surface area contributed by atoms with Gasteiger partial charge < -0.3 is 0 Å². The molecule has 1 rings (SSSR count). The zero-order chi connectivity index (χ0) is 15.3. The van der Waals surface area contributed by atoms with E-state index in [4.69, 9.17) is 0 Å². The SMILES string of the molecule is CC#CCCC(=O)Cc1c(C)cc(C(C)(C)C)cc1C. The lowest BCUT2D eigenvalue weighted by molar-refractivity contribution is -0.118. The Hall–Kier alpha value is -1.55. The van der Waals surface area contributed by atoms with E-state index in [1.165, 1.54) is 22.3 Å². The highest BCUT2D eigenvalue weighted by molar-refractivity contribution is 5.81. The van der Waals surface area contributed by atoms with E-state index in [-0.39, 0.29) is 11.2 Å². The standard InChI is InChI=1S/C19H26O/c1-7-8-9-10-17(20)13-18-14(2)11-16(12-15(18)3)19(4,5)6/h11-12H,9-10,13H2,1-6H3. The molecule has 0 aromatic heterocycles. The van der Waals surface area contributed by atoms with E-state index < -0.39 is 0 Å². The zero-order valence-electron chi connectivity index (χ0n) is 13.7. The predicted molar refractivity (Wildman–Crippen MR) is 86.0 cm³/mol.